The molecule has 5 heteroatoms. The minimum absolute atomic E-state index is 0.000721. The van der Waals surface area contributed by atoms with Crippen molar-refractivity contribution in [3.8, 4) is 0 Å². The molecular formula is C21H26N2O2S. The highest BCUT2D eigenvalue weighted by Crippen LogP contribution is 2.24. The van der Waals surface area contributed by atoms with Crippen molar-refractivity contribution in [2.45, 2.75) is 38.6 Å². The van der Waals surface area contributed by atoms with Crippen LogP contribution in [0.2, 0.25) is 0 Å². The summed E-state index contributed by atoms with van der Waals surface area (Å²) >= 11 is 1.33. The number of ketones is 1. The minimum Gasteiger partial charge on any atom is -0.350 e. The molecule has 1 atom stereocenters. The molecule has 2 aromatic rings. The van der Waals surface area contributed by atoms with Crippen LogP contribution in [-0.2, 0) is 0 Å². The molecule has 4 nitrogen and oxygen atoms in total. The number of carbonyl (C=O) groups is 2. The standard InChI is InChI=1S/C21H26N2O2S/c1-16(24)20-13-18(15-26-20)21(25)22-14-19(17-9-5-4-6-10-17)23-11-7-2-3-8-12-23/h4-6,9-10,13,15,19H,2-3,7-8,11-12,14H2,1H3,(H,22,25). The number of hydrogen-bond donors (Lipinski definition) is 1. The van der Waals surface area contributed by atoms with Gasteiger partial charge in [0.25, 0.3) is 5.91 Å². The highest BCUT2D eigenvalue weighted by Gasteiger charge is 2.22. The van der Waals surface area contributed by atoms with Crippen molar-refractivity contribution in [2.75, 3.05) is 19.6 Å². The van der Waals surface area contributed by atoms with Crippen molar-refractivity contribution in [1.82, 2.24) is 10.2 Å². The normalized spacial score (nSPS) is 16.7. The van der Waals surface area contributed by atoms with Gasteiger partial charge in [0.05, 0.1) is 16.5 Å². The van der Waals surface area contributed by atoms with Crippen molar-refractivity contribution in [2.24, 2.45) is 0 Å². The summed E-state index contributed by atoms with van der Waals surface area (Å²) in [5, 5.41) is 4.84. The molecule has 1 aromatic heterocycles. The Morgan fingerprint density at radius 1 is 1.12 bits per heavy atom. The number of amides is 1. The van der Waals surface area contributed by atoms with Gasteiger partial charge in [-0.05, 0) is 44.5 Å². The fourth-order valence-electron chi connectivity index (χ4n) is 3.47. The summed E-state index contributed by atoms with van der Waals surface area (Å²) in [7, 11) is 0. The summed E-state index contributed by atoms with van der Waals surface area (Å²) in [4.78, 5) is 27.1. The van der Waals surface area contributed by atoms with Gasteiger partial charge in [0.15, 0.2) is 5.78 Å². The molecule has 2 heterocycles. The second-order valence-electron chi connectivity index (χ2n) is 6.84. The van der Waals surface area contributed by atoms with Crippen LogP contribution in [0.4, 0.5) is 0 Å². The van der Waals surface area contributed by atoms with Crippen LogP contribution in [0.15, 0.2) is 41.8 Å². The van der Waals surface area contributed by atoms with E-state index in [0.29, 0.717) is 17.0 Å². The molecular weight excluding hydrogens is 344 g/mol. The number of hydrogen-bond acceptors (Lipinski definition) is 4. The zero-order valence-electron chi connectivity index (χ0n) is 15.2. The Morgan fingerprint density at radius 2 is 1.81 bits per heavy atom. The number of nitrogens with zero attached hydrogens (tertiary/aromatic N) is 1. The van der Waals surface area contributed by atoms with Crippen LogP contribution in [0.1, 0.15) is 64.2 Å². The van der Waals surface area contributed by atoms with E-state index in [2.05, 4.69) is 34.5 Å². The van der Waals surface area contributed by atoms with Crippen LogP contribution in [0.25, 0.3) is 0 Å². The Morgan fingerprint density at radius 3 is 2.42 bits per heavy atom. The van der Waals surface area contributed by atoms with Crippen molar-refractivity contribution >= 4 is 23.0 Å². The molecule has 26 heavy (non-hydrogen) atoms. The first kappa shape index (κ1) is 18.8. The lowest BCUT2D eigenvalue weighted by molar-refractivity contribution is 0.0933. The molecule has 3 rings (SSSR count). The smallest absolute Gasteiger partial charge is 0.252 e. The summed E-state index contributed by atoms with van der Waals surface area (Å²) in [6.45, 7) is 4.25. The molecule has 1 N–H and O–H groups in total. The molecule has 0 bridgehead atoms. The van der Waals surface area contributed by atoms with Crippen molar-refractivity contribution in [1.29, 1.82) is 0 Å². The zero-order chi connectivity index (χ0) is 18.4. The highest BCUT2D eigenvalue weighted by atomic mass is 32.1. The maximum atomic E-state index is 12.5. The van der Waals surface area contributed by atoms with Gasteiger partial charge in [0, 0.05) is 11.9 Å². The van der Waals surface area contributed by atoms with Crippen molar-refractivity contribution in [3.63, 3.8) is 0 Å². The first-order valence-corrected chi connectivity index (χ1v) is 10.2. The number of benzene rings is 1. The van der Waals surface area contributed by atoms with Gasteiger partial charge in [0.1, 0.15) is 0 Å². The van der Waals surface area contributed by atoms with Crippen LogP contribution in [0.5, 0.6) is 0 Å². The lowest BCUT2D eigenvalue weighted by Crippen LogP contribution is -2.38. The Hall–Kier alpha value is -1.98. The Kier molecular flexibility index (Phi) is 6.58. The molecule has 0 radical (unpaired) electrons. The molecule has 0 spiro atoms. The van der Waals surface area contributed by atoms with Gasteiger partial charge in [0.2, 0.25) is 0 Å². The molecule has 1 amide bonds. The third-order valence-electron chi connectivity index (χ3n) is 4.93. The Labute approximate surface area is 159 Å². The molecule has 1 unspecified atom stereocenters. The maximum Gasteiger partial charge on any atom is 0.252 e. The second kappa shape index (κ2) is 9.10. The third kappa shape index (κ3) is 4.80. The van der Waals surface area contributed by atoms with Gasteiger partial charge in [-0.15, -0.1) is 11.3 Å². The van der Waals surface area contributed by atoms with E-state index >= 15 is 0 Å². The van der Waals surface area contributed by atoms with Gasteiger partial charge in [-0.3, -0.25) is 14.5 Å². The summed E-state index contributed by atoms with van der Waals surface area (Å²) < 4.78 is 0. The predicted octanol–water partition coefficient (Wildman–Crippen LogP) is 4.30. The van der Waals surface area contributed by atoms with Crippen LogP contribution in [-0.4, -0.2) is 36.2 Å². The van der Waals surface area contributed by atoms with E-state index in [-0.39, 0.29) is 17.7 Å². The summed E-state index contributed by atoms with van der Waals surface area (Å²) in [6.07, 6.45) is 4.99. The largest absolute Gasteiger partial charge is 0.350 e. The Balaban J connectivity index is 1.70. The molecule has 1 aliphatic rings. The van der Waals surface area contributed by atoms with E-state index in [9.17, 15) is 9.59 Å². The second-order valence-corrected chi connectivity index (χ2v) is 7.75. The SMILES string of the molecule is CC(=O)c1cc(C(=O)NCC(c2ccccc2)N2CCCCCC2)cs1. The monoisotopic (exact) mass is 370 g/mol. The van der Waals surface area contributed by atoms with Gasteiger partial charge in [-0.1, -0.05) is 43.2 Å². The topological polar surface area (TPSA) is 49.4 Å². The highest BCUT2D eigenvalue weighted by molar-refractivity contribution is 7.12. The van der Waals surface area contributed by atoms with Crippen LogP contribution in [0, 0.1) is 0 Å². The van der Waals surface area contributed by atoms with Crippen LogP contribution in [0.3, 0.4) is 0 Å². The predicted molar refractivity (Wildman–Crippen MR) is 106 cm³/mol. The maximum absolute atomic E-state index is 12.5. The number of likely N-dealkylation sites (tertiary alicyclic amines) is 1. The van der Waals surface area contributed by atoms with Crippen molar-refractivity contribution in [3.05, 3.63) is 57.8 Å². The fourth-order valence-corrected chi connectivity index (χ4v) is 4.26. The first-order valence-electron chi connectivity index (χ1n) is 9.32. The van der Waals surface area contributed by atoms with Gasteiger partial charge < -0.3 is 5.32 Å². The first-order chi connectivity index (χ1) is 12.6. The zero-order valence-corrected chi connectivity index (χ0v) is 16.1. The van der Waals surface area contributed by atoms with Gasteiger partial charge in [-0.25, -0.2) is 0 Å². The molecule has 1 fully saturated rings. The lowest BCUT2D eigenvalue weighted by atomic mass is 10.0. The van der Waals surface area contributed by atoms with Gasteiger partial charge in [-0.2, -0.15) is 0 Å². The van der Waals surface area contributed by atoms with Gasteiger partial charge >= 0.3 is 0 Å². The van der Waals surface area contributed by atoms with E-state index in [1.54, 1.807) is 11.4 Å². The molecule has 1 aliphatic heterocycles. The number of thiophene rings is 1. The Bertz CT molecular complexity index is 733. The molecule has 138 valence electrons. The van der Waals surface area contributed by atoms with E-state index < -0.39 is 0 Å². The molecule has 0 aliphatic carbocycles. The van der Waals surface area contributed by atoms with E-state index in [4.69, 9.17) is 0 Å². The van der Waals surface area contributed by atoms with E-state index in [1.165, 1.54) is 49.5 Å². The number of carbonyl (C=O) groups excluding carboxylic acids is 2. The quantitative estimate of drug-likeness (QED) is 0.772. The molecule has 1 saturated heterocycles. The fraction of sp³-hybridized carbons (Fsp3) is 0.429. The summed E-state index contributed by atoms with van der Waals surface area (Å²) in [6, 6.07) is 12.3. The summed E-state index contributed by atoms with van der Waals surface area (Å²) in [5.74, 6) is -0.106. The van der Waals surface area contributed by atoms with E-state index in [1.807, 2.05) is 6.07 Å². The average Bonchev–Trinajstić information content (AvgIpc) is 3.01. The van der Waals surface area contributed by atoms with Crippen molar-refractivity contribution < 1.29 is 9.59 Å². The van der Waals surface area contributed by atoms with Crippen LogP contribution < -0.4 is 5.32 Å². The van der Waals surface area contributed by atoms with E-state index in [0.717, 1.165) is 13.1 Å². The third-order valence-corrected chi connectivity index (χ3v) is 5.96. The number of rotatable bonds is 6. The summed E-state index contributed by atoms with van der Waals surface area (Å²) in [5.41, 5.74) is 1.81. The lowest BCUT2D eigenvalue weighted by Gasteiger charge is -2.31. The number of nitrogens with one attached hydrogen (secondary N) is 1. The number of Topliss-reactive ketones (excluding diaryl/α,β-unsaturated/α-hetero) is 1. The molecule has 1 aromatic carbocycles. The molecule has 0 saturated carbocycles. The van der Waals surface area contributed by atoms with Crippen LogP contribution >= 0.6 is 11.3 Å². The average molecular weight is 371 g/mol. The minimum atomic E-state index is -0.107.